The molecular weight excluding hydrogens is 713 g/mol. The molecule has 3 aliphatic rings. The van der Waals surface area contributed by atoms with Crippen molar-refractivity contribution in [3.63, 3.8) is 0 Å². The Kier molecular flexibility index (Phi) is 12.1. The Morgan fingerprint density at radius 2 is 1.46 bits per heavy atom. The van der Waals surface area contributed by atoms with Gasteiger partial charge in [0.25, 0.3) is 5.91 Å². The zero-order valence-corrected chi connectivity index (χ0v) is 33.2. The second-order valence-electron chi connectivity index (χ2n) is 17.2. The summed E-state index contributed by atoms with van der Waals surface area (Å²) >= 11 is 0. The summed E-state index contributed by atoms with van der Waals surface area (Å²) in [6.45, 7) is 10.8. The fraction of sp³-hybridized carbons (Fsp3) is 0.512. The number of amides is 4. The van der Waals surface area contributed by atoms with Crippen LogP contribution in [-0.2, 0) is 23.9 Å². The third-order valence-electron chi connectivity index (χ3n) is 10.9. The molecule has 4 atom stereocenters. The van der Waals surface area contributed by atoms with Crippen LogP contribution in [0.4, 0.5) is 4.79 Å². The molecule has 3 N–H and O–H groups in total. The zero-order chi connectivity index (χ0) is 40.2. The summed E-state index contributed by atoms with van der Waals surface area (Å²) < 4.78 is 11.7. The Hall–Kier alpha value is -5.33. The van der Waals surface area contributed by atoms with Gasteiger partial charge in [0.15, 0.2) is 0 Å². The number of ether oxygens (including phenoxy) is 2. The number of benzene rings is 2. The average molecular weight is 767 g/mol. The standard InChI is InChI=1S/C43H54N6O7/c1-42(2,3)36(48-38(51)35(26-14-8-7-9-15-26)47-37(50)33-22-44-20-21-45-33)39(52)46-34-24-49(23-31(34)40(53)56-43(4,5)6)41(54)55-25-32-29-18-12-10-16-27(29)28-17-11-13-19-30(28)32/h10-13,16-22,26,31-32,34-36H,7-9,14-15,23-25H2,1-6H3,(H,46,52)(H,47,50)(H,48,51)/t31-,34+,35+,36-/m1/s1. The number of aromatic nitrogens is 2. The van der Waals surface area contributed by atoms with Crippen molar-refractivity contribution >= 4 is 29.8 Å². The molecule has 0 radical (unpaired) electrons. The van der Waals surface area contributed by atoms with Gasteiger partial charge in [-0.15, -0.1) is 0 Å². The summed E-state index contributed by atoms with van der Waals surface area (Å²) in [5, 5.41) is 8.81. The maximum Gasteiger partial charge on any atom is 0.409 e. The number of esters is 1. The molecule has 0 bridgehead atoms. The first kappa shape index (κ1) is 40.3. The van der Waals surface area contributed by atoms with E-state index in [1.807, 2.05) is 57.2 Å². The molecule has 3 aromatic rings. The van der Waals surface area contributed by atoms with Crippen LogP contribution in [0.2, 0.25) is 0 Å². The lowest BCUT2D eigenvalue weighted by atomic mass is 9.82. The van der Waals surface area contributed by atoms with Crippen LogP contribution in [-0.4, -0.2) is 88.1 Å². The number of nitrogens with one attached hydrogen (secondary N) is 3. The summed E-state index contributed by atoms with van der Waals surface area (Å²) in [6.07, 6.45) is 7.99. The number of fused-ring (bicyclic) bond motifs is 3. The van der Waals surface area contributed by atoms with Crippen molar-refractivity contribution in [2.45, 2.75) is 103 Å². The van der Waals surface area contributed by atoms with Gasteiger partial charge in [-0.1, -0.05) is 88.6 Å². The fourth-order valence-corrected chi connectivity index (χ4v) is 8.07. The Labute approximate surface area is 328 Å². The summed E-state index contributed by atoms with van der Waals surface area (Å²) in [4.78, 5) is 78.4. The maximum absolute atomic E-state index is 14.3. The molecule has 0 unspecified atom stereocenters. The highest BCUT2D eigenvalue weighted by atomic mass is 16.6. The number of hydrogen-bond acceptors (Lipinski definition) is 9. The molecule has 56 heavy (non-hydrogen) atoms. The van der Waals surface area contributed by atoms with Gasteiger partial charge in [0.1, 0.15) is 30.0 Å². The van der Waals surface area contributed by atoms with E-state index in [9.17, 15) is 24.0 Å². The monoisotopic (exact) mass is 766 g/mol. The van der Waals surface area contributed by atoms with Crippen molar-refractivity contribution in [1.82, 2.24) is 30.8 Å². The van der Waals surface area contributed by atoms with E-state index >= 15 is 0 Å². The van der Waals surface area contributed by atoms with E-state index in [-0.39, 0.29) is 37.2 Å². The highest BCUT2D eigenvalue weighted by molar-refractivity contribution is 5.97. The van der Waals surface area contributed by atoms with Gasteiger partial charge in [-0.05, 0) is 67.2 Å². The quantitative estimate of drug-likeness (QED) is 0.229. The van der Waals surface area contributed by atoms with Crippen molar-refractivity contribution < 1.29 is 33.4 Å². The highest BCUT2D eigenvalue weighted by Crippen LogP contribution is 2.44. The predicted octanol–water partition coefficient (Wildman–Crippen LogP) is 5.39. The molecule has 298 valence electrons. The molecule has 2 heterocycles. The number of hydrogen-bond donors (Lipinski definition) is 3. The van der Waals surface area contributed by atoms with Gasteiger partial charge in [0.05, 0.1) is 18.2 Å². The topological polar surface area (TPSA) is 169 Å². The lowest BCUT2D eigenvalue weighted by Crippen LogP contribution is -2.61. The maximum atomic E-state index is 14.3. The molecule has 1 saturated heterocycles. The van der Waals surface area contributed by atoms with Crippen molar-refractivity contribution in [3.8, 4) is 11.1 Å². The normalized spacial score (nSPS) is 19.6. The van der Waals surface area contributed by atoms with Gasteiger partial charge in [-0.25, -0.2) is 9.78 Å². The van der Waals surface area contributed by atoms with E-state index in [2.05, 4.69) is 38.1 Å². The van der Waals surface area contributed by atoms with E-state index in [1.165, 1.54) is 23.5 Å². The third kappa shape index (κ3) is 9.37. The second-order valence-corrected chi connectivity index (χ2v) is 17.2. The average Bonchev–Trinajstić information content (AvgIpc) is 3.73. The molecule has 4 amide bonds. The number of likely N-dealkylation sites (tertiary alicyclic amines) is 1. The molecule has 13 nitrogen and oxygen atoms in total. The number of rotatable bonds is 10. The van der Waals surface area contributed by atoms with Crippen LogP contribution < -0.4 is 16.0 Å². The predicted molar refractivity (Wildman–Crippen MR) is 209 cm³/mol. The lowest BCUT2D eigenvalue weighted by molar-refractivity contribution is -0.160. The van der Waals surface area contributed by atoms with Gasteiger partial charge in [0, 0.05) is 31.4 Å². The minimum absolute atomic E-state index is 0.00397. The highest BCUT2D eigenvalue weighted by Gasteiger charge is 2.46. The Morgan fingerprint density at radius 1 is 0.821 bits per heavy atom. The first-order valence-corrected chi connectivity index (χ1v) is 19.6. The summed E-state index contributed by atoms with van der Waals surface area (Å²) in [6, 6.07) is 13.3. The van der Waals surface area contributed by atoms with Crippen LogP contribution >= 0.6 is 0 Å². The molecule has 1 aliphatic heterocycles. The van der Waals surface area contributed by atoms with Crippen molar-refractivity contribution in [3.05, 3.63) is 83.9 Å². The Bertz CT molecular complexity index is 1870. The SMILES string of the molecule is CC(C)(C)OC(=O)[C@@H]1CN(C(=O)OCC2c3ccccc3-c3ccccc32)C[C@@H]1NC(=O)[C@@H](NC(=O)[C@@H](NC(=O)c1cnccn1)C1CCCCC1)C(C)(C)C. The van der Waals surface area contributed by atoms with Crippen LogP contribution in [0.15, 0.2) is 67.1 Å². The summed E-state index contributed by atoms with van der Waals surface area (Å²) in [7, 11) is 0. The fourth-order valence-electron chi connectivity index (χ4n) is 8.07. The molecule has 2 fully saturated rings. The molecule has 1 aromatic heterocycles. The van der Waals surface area contributed by atoms with E-state index in [4.69, 9.17) is 9.47 Å². The number of nitrogens with zero attached hydrogens (tertiary/aromatic N) is 3. The van der Waals surface area contributed by atoms with E-state index < -0.39 is 64.8 Å². The van der Waals surface area contributed by atoms with E-state index in [0.717, 1.165) is 54.4 Å². The molecule has 1 saturated carbocycles. The van der Waals surface area contributed by atoms with Crippen molar-refractivity contribution in [2.75, 3.05) is 19.7 Å². The van der Waals surface area contributed by atoms with Crippen LogP contribution in [0.3, 0.4) is 0 Å². The van der Waals surface area contributed by atoms with E-state index in [1.54, 1.807) is 20.8 Å². The number of carbonyl (C=O) groups is 5. The molecule has 2 aromatic carbocycles. The third-order valence-corrected chi connectivity index (χ3v) is 10.9. The first-order valence-electron chi connectivity index (χ1n) is 19.6. The van der Waals surface area contributed by atoms with E-state index in [0.29, 0.717) is 0 Å². The number of carbonyl (C=O) groups excluding carboxylic acids is 5. The van der Waals surface area contributed by atoms with Crippen LogP contribution in [0.1, 0.15) is 101 Å². The van der Waals surface area contributed by atoms with Crippen LogP contribution in [0.25, 0.3) is 11.1 Å². The summed E-state index contributed by atoms with van der Waals surface area (Å²) in [5.74, 6) is -3.27. The van der Waals surface area contributed by atoms with Crippen LogP contribution in [0, 0.1) is 17.3 Å². The molecule has 6 rings (SSSR count). The van der Waals surface area contributed by atoms with Crippen LogP contribution in [0.5, 0.6) is 0 Å². The van der Waals surface area contributed by atoms with Gasteiger partial charge in [0.2, 0.25) is 11.8 Å². The minimum atomic E-state index is -1.06. The molecule has 2 aliphatic carbocycles. The molecule has 13 heteroatoms. The van der Waals surface area contributed by atoms with Gasteiger partial charge < -0.3 is 30.3 Å². The molecule has 0 spiro atoms. The molecular formula is C43H54N6O7. The minimum Gasteiger partial charge on any atom is -0.460 e. The van der Waals surface area contributed by atoms with Gasteiger partial charge in [-0.3, -0.25) is 24.2 Å². The largest absolute Gasteiger partial charge is 0.460 e. The smallest absolute Gasteiger partial charge is 0.409 e. The lowest BCUT2D eigenvalue weighted by Gasteiger charge is -2.35. The van der Waals surface area contributed by atoms with Gasteiger partial charge >= 0.3 is 12.1 Å². The first-order chi connectivity index (χ1) is 26.6. The Morgan fingerprint density at radius 3 is 2.05 bits per heavy atom. The second kappa shape index (κ2) is 16.8. The summed E-state index contributed by atoms with van der Waals surface area (Å²) in [5.41, 5.74) is 2.87. The zero-order valence-electron chi connectivity index (χ0n) is 33.2. The Balaban J connectivity index is 1.17. The van der Waals surface area contributed by atoms with Crippen molar-refractivity contribution in [2.24, 2.45) is 17.3 Å². The van der Waals surface area contributed by atoms with Crippen molar-refractivity contribution in [1.29, 1.82) is 0 Å². The van der Waals surface area contributed by atoms with Gasteiger partial charge in [-0.2, -0.15) is 0 Å².